The maximum absolute atomic E-state index is 10.8. The van der Waals surface area contributed by atoms with Gasteiger partial charge in [-0.05, 0) is 35.4 Å². The number of carbonyl (C=O) groups is 1. The van der Waals surface area contributed by atoms with Crippen molar-refractivity contribution in [2.45, 2.75) is 0 Å². The van der Waals surface area contributed by atoms with E-state index < -0.39 is 5.97 Å². The van der Waals surface area contributed by atoms with Crippen LogP contribution in [-0.2, 0) is 0 Å². The number of carboxylic acids is 1. The third kappa shape index (κ3) is 2.20. The summed E-state index contributed by atoms with van der Waals surface area (Å²) in [6.07, 6.45) is 0. The Morgan fingerprint density at radius 1 is 1.06 bits per heavy atom. The second kappa shape index (κ2) is 4.17. The molecule has 0 saturated heterocycles. The summed E-state index contributed by atoms with van der Waals surface area (Å²) in [4.78, 5) is 10.8. The second-order valence-electron chi connectivity index (χ2n) is 3.66. The molecule has 0 bridgehead atoms. The molecule has 0 aliphatic rings. The predicted molar refractivity (Wildman–Crippen MR) is 64.9 cm³/mol. The van der Waals surface area contributed by atoms with E-state index in [-0.39, 0.29) is 17.0 Å². The van der Waals surface area contributed by atoms with Crippen LogP contribution in [0.1, 0.15) is 10.4 Å². The van der Waals surface area contributed by atoms with Gasteiger partial charge in [0.15, 0.2) is 0 Å². The molecule has 17 heavy (non-hydrogen) atoms. The van der Waals surface area contributed by atoms with E-state index in [4.69, 9.17) is 10.8 Å². The maximum atomic E-state index is 10.8. The first-order valence-electron chi connectivity index (χ1n) is 5.00. The zero-order valence-electron chi connectivity index (χ0n) is 8.92. The third-order valence-electron chi connectivity index (χ3n) is 2.46. The fourth-order valence-corrected chi connectivity index (χ4v) is 1.62. The van der Waals surface area contributed by atoms with E-state index in [0.29, 0.717) is 0 Å². The van der Waals surface area contributed by atoms with Crippen LogP contribution in [0.5, 0.6) is 5.75 Å². The van der Waals surface area contributed by atoms with Gasteiger partial charge in [0.25, 0.3) is 0 Å². The molecule has 0 amide bonds. The smallest absolute Gasteiger partial charge is 0.337 e. The zero-order chi connectivity index (χ0) is 12.4. The van der Waals surface area contributed by atoms with E-state index in [2.05, 4.69) is 0 Å². The van der Waals surface area contributed by atoms with E-state index >= 15 is 0 Å². The number of nitrogen functional groups attached to an aromatic ring is 1. The Hall–Kier alpha value is -2.49. The van der Waals surface area contributed by atoms with E-state index in [9.17, 15) is 9.90 Å². The normalized spacial score (nSPS) is 10.1. The van der Waals surface area contributed by atoms with Crippen LogP contribution < -0.4 is 5.73 Å². The number of phenolic OH excluding ortho intramolecular Hbond substituents is 1. The van der Waals surface area contributed by atoms with Gasteiger partial charge in [-0.2, -0.15) is 0 Å². The van der Waals surface area contributed by atoms with E-state index in [1.807, 2.05) is 6.07 Å². The highest BCUT2D eigenvalue weighted by Crippen LogP contribution is 2.26. The van der Waals surface area contributed by atoms with Crippen molar-refractivity contribution in [3.05, 3.63) is 48.0 Å². The number of rotatable bonds is 2. The van der Waals surface area contributed by atoms with Crippen molar-refractivity contribution in [3.8, 4) is 16.9 Å². The summed E-state index contributed by atoms with van der Waals surface area (Å²) >= 11 is 0. The molecule has 0 atom stereocenters. The van der Waals surface area contributed by atoms with Crippen LogP contribution in [0, 0.1) is 0 Å². The fraction of sp³-hybridized carbons (Fsp3) is 0. The number of carboxylic acid groups (broad SMARTS) is 1. The lowest BCUT2D eigenvalue weighted by Crippen LogP contribution is -2.01. The number of nitrogens with two attached hydrogens (primary N) is 1. The van der Waals surface area contributed by atoms with Crippen LogP contribution in [0.25, 0.3) is 11.1 Å². The Morgan fingerprint density at radius 3 is 2.35 bits per heavy atom. The molecule has 0 aromatic heterocycles. The van der Waals surface area contributed by atoms with E-state index in [0.717, 1.165) is 11.1 Å². The summed E-state index contributed by atoms with van der Waals surface area (Å²) in [5.74, 6) is -0.895. The molecule has 0 saturated carbocycles. The van der Waals surface area contributed by atoms with Crippen LogP contribution in [0.4, 0.5) is 5.69 Å². The lowest BCUT2D eigenvalue weighted by Gasteiger charge is -2.06. The fourth-order valence-electron chi connectivity index (χ4n) is 1.62. The number of hydrogen-bond acceptors (Lipinski definition) is 3. The molecule has 4 N–H and O–H groups in total. The molecule has 2 aromatic rings. The third-order valence-corrected chi connectivity index (χ3v) is 2.46. The van der Waals surface area contributed by atoms with Gasteiger partial charge in [-0.15, -0.1) is 0 Å². The van der Waals surface area contributed by atoms with E-state index in [1.165, 1.54) is 6.07 Å². The Morgan fingerprint density at radius 2 is 1.76 bits per heavy atom. The molecule has 2 aromatic carbocycles. The molecule has 0 aliphatic heterocycles. The van der Waals surface area contributed by atoms with Crippen molar-refractivity contribution in [2.75, 3.05) is 5.73 Å². The molecule has 86 valence electrons. The number of hydrogen-bond donors (Lipinski definition) is 3. The van der Waals surface area contributed by atoms with Crippen molar-refractivity contribution in [1.82, 2.24) is 0 Å². The SMILES string of the molecule is Nc1cc(-c2cccc(O)c2)ccc1C(=O)O. The highest BCUT2D eigenvalue weighted by molar-refractivity contribution is 5.94. The zero-order valence-corrected chi connectivity index (χ0v) is 8.92. The van der Waals surface area contributed by atoms with Gasteiger partial charge in [0.05, 0.1) is 5.56 Å². The Labute approximate surface area is 97.9 Å². The molecule has 0 aliphatic carbocycles. The average molecular weight is 229 g/mol. The molecule has 0 radical (unpaired) electrons. The summed E-state index contributed by atoms with van der Waals surface area (Å²) in [7, 11) is 0. The van der Waals surface area contributed by atoms with Crippen molar-refractivity contribution in [3.63, 3.8) is 0 Å². The van der Waals surface area contributed by atoms with Gasteiger partial charge in [0.2, 0.25) is 0 Å². The quantitative estimate of drug-likeness (QED) is 0.690. The summed E-state index contributed by atoms with van der Waals surface area (Å²) in [6.45, 7) is 0. The average Bonchev–Trinajstić information content (AvgIpc) is 2.28. The van der Waals surface area contributed by atoms with Gasteiger partial charge < -0.3 is 15.9 Å². The number of phenols is 1. The van der Waals surface area contributed by atoms with Crippen molar-refractivity contribution < 1.29 is 15.0 Å². The van der Waals surface area contributed by atoms with E-state index in [1.54, 1.807) is 30.3 Å². The van der Waals surface area contributed by atoms with Gasteiger partial charge in [-0.3, -0.25) is 0 Å². The minimum Gasteiger partial charge on any atom is -0.508 e. The molecular formula is C13H11NO3. The maximum Gasteiger partial charge on any atom is 0.337 e. The van der Waals surface area contributed by atoms with Gasteiger partial charge in [0.1, 0.15) is 5.75 Å². The number of benzene rings is 2. The highest BCUT2D eigenvalue weighted by atomic mass is 16.4. The summed E-state index contributed by atoms with van der Waals surface area (Å²) in [5, 5.41) is 18.2. The molecular weight excluding hydrogens is 218 g/mol. The Balaban J connectivity index is 2.48. The Kier molecular flexibility index (Phi) is 2.70. The van der Waals surface area contributed by atoms with Gasteiger partial charge in [-0.25, -0.2) is 4.79 Å². The van der Waals surface area contributed by atoms with Crippen molar-refractivity contribution in [2.24, 2.45) is 0 Å². The van der Waals surface area contributed by atoms with Crippen LogP contribution in [-0.4, -0.2) is 16.2 Å². The van der Waals surface area contributed by atoms with Crippen LogP contribution in [0.2, 0.25) is 0 Å². The monoisotopic (exact) mass is 229 g/mol. The summed E-state index contributed by atoms with van der Waals surface area (Å²) in [5.41, 5.74) is 7.49. The first-order valence-corrected chi connectivity index (χ1v) is 5.00. The van der Waals surface area contributed by atoms with Gasteiger partial charge >= 0.3 is 5.97 Å². The van der Waals surface area contributed by atoms with Crippen LogP contribution >= 0.6 is 0 Å². The van der Waals surface area contributed by atoms with Gasteiger partial charge in [-0.1, -0.05) is 18.2 Å². The highest BCUT2D eigenvalue weighted by Gasteiger charge is 2.08. The van der Waals surface area contributed by atoms with Crippen molar-refractivity contribution in [1.29, 1.82) is 0 Å². The number of aromatic carboxylic acids is 1. The second-order valence-corrected chi connectivity index (χ2v) is 3.66. The summed E-state index contributed by atoms with van der Waals surface area (Å²) < 4.78 is 0. The summed E-state index contributed by atoms with van der Waals surface area (Å²) in [6, 6.07) is 11.4. The topological polar surface area (TPSA) is 83.5 Å². The molecule has 2 rings (SSSR count). The molecule has 4 heteroatoms. The molecule has 0 unspecified atom stereocenters. The lowest BCUT2D eigenvalue weighted by atomic mass is 10.0. The van der Waals surface area contributed by atoms with Crippen LogP contribution in [0.15, 0.2) is 42.5 Å². The largest absolute Gasteiger partial charge is 0.508 e. The molecule has 0 heterocycles. The standard InChI is InChI=1S/C13H11NO3/c14-12-7-9(4-5-11(12)13(16)17)8-2-1-3-10(15)6-8/h1-7,15H,14H2,(H,16,17). The lowest BCUT2D eigenvalue weighted by molar-refractivity contribution is 0.0698. The number of aromatic hydroxyl groups is 1. The van der Waals surface area contributed by atoms with Gasteiger partial charge in [0, 0.05) is 5.69 Å². The first-order chi connectivity index (χ1) is 8.08. The minimum absolute atomic E-state index is 0.0777. The molecule has 0 fully saturated rings. The first kappa shape index (κ1) is 11.0. The minimum atomic E-state index is -1.05. The predicted octanol–water partition coefficient (Wildman–Crippen LogP) is 2.34. The van der Waals surface area contributed by atoms with Crippen LogP contribution in [0.3, 0.4) is 0 Å². The molecule has 4 nitrogen and oxygen atoms in total. The Bertz CT molecular complexity index is 579. The molecule has 0 spiro atoms. The number of anilines is 1. The van der Waals surface area contributed by atoms with Crippen molar-refractivity contribution >= 4 is 11.7 Å².